The number of hydrogen-bond acceptors (Lipinski definition) is 6. The van der Waals surface area contributed by atoms with E-state index in [9.17, 15) is 13.2 Å². The van der Waals surface area contributed by atoms with E-state index in [1.807, 2.05) is 20.8 Å². The zero-order chi connectivity index (χ0) is 19.6. The Morgan fingerprint density at radius 1 is 1.41 bits per heavy atom. The molecule has 3 rings (SSSR count). The molecule has 1 aliphatic carbocycles. The first-order valence-electron chi connectivity index (χ1n) is 9.65. The molecule has 0 unspecified atom stereocenters. The molecule has 2 aliphatic rings. The number of carbonyl (C=O) groups is 1. The van der Waals surface area contributed by atoms with Gasteiger partial charge in [-0.25, -0.2) is 8.42 Å². The Bertz CT molecular complexity index is 757. The first kappa shape index (κ1) is 20.3. The molecule has 2 heterocycles. The molecule has 0 aromatic carbocycles. The number of ether oxygens (including phenoxy) is 1. The van der Waals surface area contributed by atoms with E-state index in [1.165, 1.54) is 4.31 Å². The summed E-state index contributed by atoms with van der Waals surface area (Å²) in [5, 5.41) is 6.82. The van der Waals surface area contributed by atoms with Crippen LogP contribution in [0.3, 0.4) is 0 Å². The Balaban J connectivity index is 1.50. The van der Waals surface area contributed by atoms with Gasteiger partial charge in [-0.2, -0.15) is 4.31 Å². The molecule has 2 fully saturated rings. The number of amides is 1. The summed E-state index contributed by atoms with van der Waals surface area (Å²) < 4.78 is 37.2. The van der Waals surface area contributed by atoms with Gasteiger partial charge in [0.1, 0.15) is 5.76 Å². The van der Waals surface area contributed by atoms with Crippen molar-refractivity contribution >= 4 is 15.9 Å². The van der Waals surface area contributed by atoms with Crippen LogP contribution in [0.1, 0.15) is 68.6 Å². The molecule has 1 saturated heterocycles. The second-order valence-corrected chi connectivity index (χ2v) is 9.82. The van der Waals surface area contributed by atoms with Crippen LogP contribution in [0.5, 0.6) is 0 Å². The van der Waals surface area contributed by atoms with Gasteiger partial charge >= 0.3 is 0 Å². The highest BCUT2D eigenvalue weighted by molar-refractivity contribution is 7.89. The van der Waals surface area contributed by atoms with Crippen LogP contribution < -0.4 is 5.32 Å². The molecule has 1 aromatic rings. The van der Waals surface area contributed by atoms with E-state index in [0.717, 1.165) is 18.6 Å². The van der Waals surface area contributed by atoms with Crippen LogP contribution in [0.25, 0.3) is 0 Å². The van der Waals surface area contributed by atoms with Gasteiger partial charge in [0.15, 0.2) is 5.69 Å². The van der Waals surface area contributed by atoms with Crippen LogP contribution in [-0.2, 0) is 14.8 Å². The number of hydrogen-bond donors (Lipinski definition) is 1. The van der Waals surface area contributed by atoms with E-state index in [-0.39, 0.29) is 36.5 Å². The molecule has 27 heavy (non-hydrogen) atoms. The van der Waals surface area contributed by atoms with E-state index < -0.39 is 10.0 Å². The van der Waals surface area contributed by atoms with Crippen molar-refractivity contribution < 1.29 is 22.5 Å². The van der Waals surface area contributed by atoms with Crippen LogP contribution >= 0.6 is 0 Å². The topological polar surface area (TPSA) is 102 Å². The summed E-state index contributed by atoms with van der Waals surface area (Å²) in [6.07, 6.45) is 3.33. The van der Waals surface area contributed by atoms with Crippen molar-refractivity contribution in [3.8, 4) is 0 Å². The fraction of sp³-hybridized carbons (Fsp3) is 0.778. The Labute approximate surface area is 160 Å². The molecule has 1 aromatic heterocycles. The summed E-state index contributed by atoms with van der Waals surface area (Å²) >= 11 is 0. The van der Waals surface area contributed by atoms with Crippen LogP contribution in [0, 0.1) is 0 Å². The van der Waals surface area contributed by atoms with E-state index >= 15 is 0 Å². The van der Waals surface area contributed by atoms with E-state index in [4.69, 9.17) is 9.26 Å². The van der Waals surface area contributed by atoms with Crippen molar-refractivity contribution in [1.29, 1.82) is 0 Å². The number of piperidine rings is 1. The lowest BCUT2D eigenvalue weighted by Crippen LogP contribution is -2.51. The standard InChI is InChI=1S/C18H29N3O5S/c1-12(2)25-8-9-27(23,24)21-7-6-15(10-13(21)3)19-18(22)16-11-17(26-20-16)14-4-5-14/h11-15H,4-10H2,1-3H3,(H,19,22)/t13-,15+/m1/s1. The molecule has 1 amide bonds. The molecule has 1 N–H and O–H groups in total. The van der Waals surface area contributed by atoms with Gasteiger partial charge in [-0.15, -0.1) is 0 Å². The van der Waals surface area contributed by atoms with Gasteiger partial charge in [-0.1, -0.05) is 5.16 Å². The maximum atomic E-state index is 12.5. The van der Waals surface area contributed by atoms with Gasteiger partial charge in [0.2, 0.25) is 10.0 Å². The Morgan fingerprint density at radius 2 is 2.15 bits per heavy atom. The normalized spacial score (nSPS) is 24.3. The highest BCUT2D eigenvalue weighted by Crippen LogP contribution is 2.40. The molecule has 0 radical (unpaired) electrons. The lowest BCUT2D eigenvalue weighted by atomic mass is 10.0. The zero-order valence-electron chi connectivity index (χ0n) is 16.2. The van der Waals surface area contributed by atoms with Crippen molar-refractivity contribution in [2.24, 2.45) is 0 Å². The molecule has 2 atom stereocenters. The predicted octanol–water partition coefficient (Wildman–Crippen LogP) is 1.89. The summed E-state index contributed by atoms with van der Waals surface area (Å²) in [5.41, 5.74) is 0.297. The fourth-order valence-corrected chi connectivity index (χ4v) is 4.98. The van der Waals surface area contributed by atoms with Gasteiger partial charge in [0.25, 0.3) is 5.91 Å². The quantitative estimate of drug-likeness (QED) is 0.716. The van der Waals surface area contributed by atoms with Crippen molar-refractivity contribution in [3.05, 3.63) is 17.5 Å². The van der Waals surface area contributed by atoms with E-state index in [2.05, 4.69) is 10.5 Å². The van der Waals surface area contributed by atoms with Crippen molar-refractivity contribution in [1.82, 2.24) is 14.8 Å². The molecule has 0 bridgehead atoms. The summed E-state index contributed by atoms with van der Waals surface area (Å²) in [6, 6.07) is 1.46. The third kappa shape index (κ3) is 5.30. The Kier molecular flexibility index (Phi) is 6.22. The minimum Gasteiger partial charge on any atom is -0.378 e. The highest BCUT2D eigenvalue weighted by Gasteiger charge is 2.34. The summed E-state index contributed by atoms with van der Waals surface area (Å²) in [4.78, 5) is 12.4. The van der Waals surface area contributed by atoms with Crippen LogP contribution in [0.4, 0.5) is 0 Å². The second-order valence-electron chi connectivity index (χ2n) is 7.78. The molecule has 9 heteroatoms. The number of aromatic nitrogens is 1. The predicted molar refractivity (Wildman–Crippen MR) is 100 cm³/mol. The first-order chi connectivity index (χ1) is 12.8. The minimum atomic E-state index is -3.36. The lowest BCUT2D eigenvalue weighted by molar-refractivity contribution is 0.0892. The molecule has 8 nitrogen and oxygen atoms in total. The number of carbonyl (C=O) groups excluding carboxylic acids is 1. The molecular formula is C18H29N3O5S. The number of rotatable bonds is 8. The van der Waals surface area contributed by atoms with Gasteiger partial charge < -0.3 is 14.6 Å². The average molecular weight is 400 g/mol. The maximum absolute atomic E-state index is 12.5. The third-order valence-corrected chi connectivity index (χ3v) is 6.98. The Morgan fingerprint density at radius 3 is 2.78 bits per heavy atom. The summed E-state index contributed by atoms with van der Waals surface area (Å²) in [6.45, 7) is 6.22. The van der Waals surface area contributed by atoms with E-state index in [0.29, 0.717) is 31.0 Å². The van der Waals surface area contributed by atoms with E-state index in [1.54, 1.807) is 6.07 Å². The van der Waals surface area contributed by atoms with Crippen molar-refractivity contribution in [3.63, 3.8) is 0 Å². The SMILES string of the molecule is CC(C)OCCS(=O)(=O)N1CC[C@H](NC(=O)c2cc(C3CC3)on2)C[C@H]1C. The molecular weight excluding hydrogens is 370 g/mol. The smallest absolute Gasteiger partial charge is 0.273 e. The zero-order valence-corrected chi connectivity index (χ0v) is 17.0. The molecule has 0 spiro atoms. The minimum absolute atomic E-state index is 0.00975. The highest BCUT2D eigenvalue weighted by atomic mass is 32.2. The van der Waals surface area contributed by atoms with Crippen LogP contribution in [0.15, 0.2) is 10.6 Å². The van der Waals surface area contributed by atoms with Gasteiger partial charge in [-0.05, 0) is 46.5 Å². The average Bonchev–Trinajstić information content (AvgIpc) is 3.31. The van der Waals surface area contributed by atoms with Gasteiger partial charge in [0.05, 0.1) is 18.5 Å². The van der Waals surface area contributed by atoms with Crippen LogP contribution in [-0.4, -0.2) is 60.9 Å². The largest absolute Gasteiger partial charge is 0.378 e. The fourth-order valence-electron chi connectivity index (χ4n) is 3.42. The number of nitrogens with one attached hydrogen (secondary N) is 1. The van der Waals surface area contributed by atoms with Gasteiger partial charge in [-0.3, -0.25) is 4.79 Å². The third-order valence-electron chi connectivity index (χ3n) is 5.04. The first-order valence-corrected chi connectivity index (χ1v) is 11.3. The molecule has 1 saturated carbocycles. The number of sulfonamides is 1. The summed E-state index contributed by atoms with van der Waals surface area (Å²) in [7, 11) is -3.36. The Hall–Kier alpha value is -1.45. The second kappa shape index (κ2) is 8.28. The lowest BCUT2D eigenvalue weighted by Gasteiger charge is -2.36. The van der Waals surface area contributed by atoms with Gasteiger partial charge in [0, 0.05) is 30.6 Å². The van der Waals surface area contributed by atoms with Crippen LogP contribution in [0.2, 0.25) is 0 Å². The summed E-state index contributed by atoms with van der Waals surface area (Å²) in [5.74, 6) is 0.907. The van der Waals surface area contributed by atoms with Crippen molar-refractivity contribution in [2.75, 3.05) is 18.9 Å². The maximum Gasteiger partial charge on any atom is 0.273 e. The monoisotopic (exact) mass is 399 g/mol. The van der Waals surface area contributed by atoms with Crippen molar-refractivity contribution in [2.45, 2.75) is 70.6 Å². The molecule has 1 aliphatic heterocycles. The molecule has 152 valence electrons. The number of nitrogens with zero attached hydrogens (tertiary/aromatic N) is 2.